The highest BCUT2D eigenvalue weighted by Gasteiger charge is 2.58. The van der Waals surface area contributed by atoms with Crippen LogP contribution in [-0.4, -0.2) is 18.0 Å². The molecule has 0 bridgehead atoms. The summed E-state index contributed by atoms with van der Waals surface area (Å²) in [5.41, 5.74) is -1.34. The number of ketones is 1. The molecule has 86 valence electrons. The van der Waals surface area contributed by atoms with Crippen molar-refractivity contribution in [3.05, 3.63) is 29.1 Å². The van der Waals surface area contributed by atoms with Gasteiger partial charge in [-0.15, -0.1) is 11.8 Å². The number of carbonyl (C=O) groups excluding carboxylic acids is 1. The number of hydrogen-bond acceptors (Lipinski definition) is 2. The molecule has 2 rings (SSSR count). The molecule has 0 aliphatic heterocycles. The smallest absolute Gasteiger partial charge is 0.287 e. The summed E-state index contributed by atoms with van der Waals surface area (Å²) in [5, 5.41) is 0. The average molecular weight is 250 g/mol. The van der Waals surface area contributed by atoms with Crippen molar-refractivity contribution in [3.8, 4) is 0 Å². The Labute approximate surface area is 92.8 Å². The van der Waals surface area contributed by atoms with Crippen molar-refractivity contribution in [1.29, 1.82) is 0 Å². The van der Waals surface area contributed by atoms with E-state index in [2.05, 4.69) is 0 Å². The standard InChI is InChI=1S/C10H6F4OS/c1-16-5-3-2-4(11)6-7(5)9(15)10(13,14)8(6)12/h2-3,8H,1H3/t8-/m1/s1. The molecule has 0 saturated carbocycles. The van der Waals surface area contributed by atoms with E-state index in [9.17, 15) is 22.4 Å². The van der Waals surface area contributed by atoms with Crippen LogP contribution in [0.25, 0.3) is 0 Å². The first-order valence-corrected chi connectivity index (χ1v) is 5.56. The van der Waals surface area contributed by atoms with Gasteiger partial charge in [-0.2, -0.15) is 8.78 Å². The molecule has 1 atom stereocenters. The van der Waals surface area contributed by atoms with Crippen molar-refractivity contribution >= 4 is 17.5 Å². The predicted octanol–water partition coefficient (Wildman–Crippen LogP) is 3.39. The Balaban J connectivity index is 2.75. The highest BCUT2D eigenvalue weighted by Crippen LogP contribution is 2.48. The van der Waals surface area contributed by atoms with Gasteiger partial charge in [0.15, 0.2) is 6.17 Å². The predicted molar refractivity (Wildman–Crippen MR) is 51.3 cm³/mol. The van der Waals surface area contributed by atoms with Crippen LogP contribution in [0, 0.1) is 5.82 Å². The lowest BCUT2D eigenvalue weighted by Gasteiger charge is -2.09. The summed E-state index contributed by atoms with van der Waals surface area (Å²) in [6.45, 7) is 0. The molecule has 1 aromatic carbocycles. The number of rotatable bonds is 1. The van der Waals surface area contributed by atoms with Gasteiger partial charge in [-0.1, -0.05) is 0 Å². The number of carbonyl (C=O) groups is 1. The van der Waals surface area contributed by atoms with E-state index in [1.54, 1.807) is 6.26 Å². The summed E-state index contributed by atoms with van der Waals surface area (Å²) in [5.74, 6) is -6.90. The zero-order chi connectivity index (χ0) is 12.1. The molecule has 0 heterocycles. The number of benzene rings is 1. The lowest BCUT2D eigenvalue weighted by Crippen LogP contribution is -2.26. The van der Waals surface area contributed by atoms with Gasteiger partial charge in [0.2, 0.25) is 5.78 Å². The van der Waals surface area contributed by atoms with E-state index in [1.165, 1.54) is 6.07 Å². The summed E-state index contributed by atoms with van der Waals surface area (Å²) >= 11 is 1.00. The Bertz CT molecular complexity index is 472. The van der Waals surface area contributed by atoms with Gasteiger partial charge < -0.3 is 0 Å². The number of Topliss-reactive ketones (excluding diaryl/α,β-unsaturated/α-hetero) is 1. The van der Waals surface area contributed by atoms with Crippen molar-refractivity contribution in [2.75, 3.05) is 6.26 Å². The molecule has 0 saturated heterocycles. The molecule has 0 aromatic heterocycles. The van der Waals surface area contributed by atoms with Gasteiger partial charge in [0.1, 0.15) is 5.82 Å². The summed E-state index contributed by atoms with van der Waals surface area (Å²) < 4.78 is 52.8. The van der Waals surface area contributed by atoms with Crippen molar-refractivity contribution in [1.82, 2.24) is 0 Å². The minimum Gasteiger partial charge on any atom is -0.287 e. The third-order valence-electron chi connectivity index (χ3n) is 2.48. The molecule has 6 heteroatoms. The minimum atomic E-state index is -4.16. The van der Waals surface area contributed by atoms with Gasteiger partial charge in [0.05, 0.1) is 0 Å². The highest BCUT2D eigenvalue weighted by molar-refractivity contribution is 7.98. The second-order valence-electron chi connectivity index (χ2n) is 3.35. The lowest BCUT2D eigenvalue weighted by atomic mass is 10.1. The van der Waals surface area contributed by atoms with Gasteiger partial charge >= 0.3 is 5.92 Å². The van der Waals surface area contributed by atoms with Crippen LogP contribution in [0.2, 0.25) is 0 Å². The summed E-state index contributed by atoms with van der Waals surface area (Å²) in [6.07, 6.45) is -1.34. The topological polar surface area (TPSA) is 17.1 Å². The molecule has 1 aliphatic rings. The van der Waals surface area contributed by atoms with E-state index in [1.807, 2.05) is 0 Å². The van der Waals surface area contributed by atoms with Gasteiger partial charge in [-0.05, 0) is 18.4 Å². The van der Waals surface area contributed by atoms with E-state index in [0.717, 1.165) is 17.8 Å². The van der Waals surface area contributed by atoms with Crippen LogP contribution in [0.5, 0.6) is 0 Å². The third-order valence-corrected chi connectivity index (χ3v) is 3.26. The van der Waals surface area contributed by atoms with E-state index in [4.69, 9.17) is 0 Å². The van der Waals surface area contributed by atoms with Crippen LogP contribution in [0.3, 0.4) is 0 Å². The van der Waals surface area contributed by atoms with Crippen LogP contribution in [0.4, 0.5) is 17.6 Å². The van der Waals surface area contributed by atoms with Crippen LogP contribution < -0.4 is 0 Å². The molecule has 1 nitrogen and oxygen atoms in total. The van der Waals surface area contributed by atoms with Crippen molar-refractivity contribution < 1.29 is 22.4 Å². The quantitative estimate of drug-likeness (QED) is 0.561. The Morgan fingerprint density at radius 1 is 1.38 bits per heavy atom. The Hall–Kier alpha value is -1.04. The van der Waals surface area contributed by atoms with Crippen molar-refractivity contribution in [2.24, 2.45) is 0 Å². The summed E-state index contributed by atoms with van der Waals surface area (Å²) in [6, 6.07) is 2.09. The largest absolute Gasteiger partial charge is 0.344 e. The SMILES string of the molecule is CSc1ccc(F)c2c1C(=O)C(F)(F)[C@@H]2F. The van der Waals surface area contributed by atoms with Crippen molar-refractivity contribution in [2.45, 2.75) is 17.0 Å². The Morgan fingerprint density at radius 3 is 2.56 bits per heavy atom. The van der Waals surface area contributed by atoms with Crippen molar-refractivity contribution in [3.63, 3.8) is 0 Å². The first-order chi connectivity index (χ1) is 7.41. The highest BCUT2D eigenvalue weighted by atomic mass is 32.2. The average Bonchev–Trinajstić information content (AvgIpc) is 2.42. The second-order valence-corrected chi connectivity index (χ2v) is 4.20. The fourth-order valence-corrected chi connectivity index (χ4v) is 2.30. The molecule has 0 unspecified atom stereocenters. The maximum absolute atomic E-state index is 13.3. The van der Waals surface area contributed by atoms with E-state index in [-0.39, 0.29) is 4.90 Å². The van der Waals surface area contributed by atoms with E-state index < -0.39 is 34.8 Å². The maximum atomic E-state index is 13.3. The maximum Gasteiger partial charge on any atom is 0.344 e. The fourth-order valence-electron chi connectivity index (χ4n) is 1.69. The Morgan fingerprint density at radius 2 is 2.00 bits per heavy atom. The molecular weight excluding hydrogens is 244 g/mol. The monoisotopic (exact) mass is 250 g/mol. The molecule has 16 heavy (non-hydrogen) atoms. The van der Waals surface area contributed by atoms with Crippen LogP contribution in [0.15, 0.2) is 17.0 Å². The fraction of sp³-hybridized carbons (Fsp3) is 0.300. The van der Waals surface area contributed by atoms with Gasteiger partial charge in [-0.3, -0.25) is 4.79 Å². The number of fused-ring (bicyclic) bond motifs is 1. The number of hydrogen-bond donors (Lipinski definition) is 0. The van der Waals surface area contributed by atoms with Gasteiger partial charge in [-0.25, -0.2) is 8.78 Å². The minimum absolute atomic E-state index is 0.168. The van der Waals surface area contributed by atoms with E-state index in [0.29, 0.717) is 0 Å². The summed E-state index contributed by atoms with van der Waals surface area (Å²) in [7, 11) is 0. The molecule has 0 amide bonds. The first kappa shape index (κ1) is 11.4. The normalized spacial score (nSPS) is 22.3. The molecule has 1 aromatic rings. The summed E-state index contributed by atoms with van der Waals surface area (Å²) in [4.78, 5) is 11.5. The number of thioether (sulfide) groups is 1. The third kappa shape index (κ3) is 1.29. The molecule has 0 fully saturated rings. The van der Waals surface area contributed by atoms with Gasteiger partial charge in [0, 0.05) is 16.0 Å². The zero-order valence-electron chi connectivity index (χ0n) is 8.06. The van der Waals surface area contributed by atoms with Crippen LogP contribution in [-0.2, 0) is 0 Å². The molecular formula is C10H6F4OS. The second kappa shape index (κ2) is 3.48. The number of halogens is 4. The molecule has 0 spiro atoms. The van der Waals surface area contributed by atoms with Gasteiger partial charge in [0.25, 0.3) is 0 Å². The molecule has 0 N–H and O–H groups in total. The zero-order valence-corrected chi connectivity index (χ0v) is 8.88. The van der Waals surface area contributed by atoms with Crippen LogP contribution in [0.1, 0.15) is 22.1 Å². The van der Waals surface area contributed by atoms with Crippen LogP contribution >= 0.6 is 11.8 Å². The van der Waals surface area contributed by atoms with E-state index >= 15 is 0 Å². The molecule has 1 aliphatic carbocycles. The molecule has 0 radical (unpaired) electrons. The Kier molecular flexibility index (Phi) is 2.49. The number of alkyl halides is 3. The first-order valence-electron chi connectivity index (χ1n) is 4.34. The lowest BCUT2D eigenvalue weighted by molar-refractivity contribution is -0.0372.